The van der Waals surface area contributed by atoms with Crippen molar-refractivity contribution in [2.24, 2.45) is 0 Å². The second-order valence-corrected chi connectivity index (χ2v) is 5.22. The van der Waals surface area contributed by atoms with E-state index in [-0.39, 0.29) is 5.28 Å². The van der Waals surface area contributed by atoms with Crippen LogP contribution in [0.25, 0.3) is 0 Å². The van der Waals surface area contributed by atoms with Crippen molar-refractivity contribution in [1.82, 2.24) is 15.0 Å². The largest absolute Gasteiger partial charge is 0.354 e. The third-order valence-electron chi connectivity index (χ3n) is 2.52. The number of aromatic nitrogens is 3. The van der Waals surface area contributed by atoms with Crippen LogP contribution in [0.3, 0.4) is 0 Å². The number of hydrogen-bond donors (Lipinski definition) is 1. The van der Waals surface area contributed by atoms with Gasteiger partial charge in [0, 0.05) is 18.0 Å². The molecular formula is C12H16ClN5S. The topological polar surface area (TPSA) is 53.9 Å². The van der Waals surface area contributed by atoms with Crippen LogP contribution < -0.4 is 10.2 Å². The highest BCUT2D eigenvalue weighted by molar-refractivity contribution is 7.09. The standard InChI is InChI=1S/C12H16ClN5S/c1-3-14-11-15-10(13)16-12(17-11)18(4-2)8-9-6-5-7-19-9/h5-7H,3-4,8H2,1-2H3,(H,14,15,16,17). The molecule has 7 heteroatoms. The molecule has 0 amide bonds. The zero-order chi connectivity index (χ0) is 13.7. The highest BCUT2D eigenvalue weighted by Crippen LogP contribution is 2.18. The van der Waals surface area contributed by atoms with Crippen molar-refractivity contribution in [3.63, 3.8) is 0 Å². The molecule has 0 spiro atoms. The minimum atomic E-state index is 0.213. The minimum absolute atomic E-state index is 0.213. The first kappa shape index (κ1) is 14.0. The van der Waals surface area contributed by atoms with Gasteiger partial charge in [-0.25, -0.2) is 0 Å². The first-order valence-corrected chi connectivity index (χ1v) is 7.41. The maximum absolute atomic E-state index is 5.94. The molecule has 2 aromatic rings. The van der Waals surface area contributed by atoms with Crippen LogP contribution in [0.4, 0.5) is 11.9 Å². The monoisotopic (exact) mass is 297 g/mol. The molecule has 0 bridgehead atoms. The molecule has 0 radical (unpaired) electrons. The summed E-state index contributed by atoms with van der Waals surface area (Å²) in [6.07, 6.45) is 0. The van der Waals surface area contributed by atoms with Gasteiger partial charge in [0.1, 0.15) is 0 Å². The number of thiophene rings is 1. The van der Waals surface area contributed by atoms with Gasteiger partial charge in [0.2, 0.25) is 17.2 Å². The molecule has 1 N–H and O–H groups in total. The average Bonchev–Trinajstić information content (AvgIpc) is 2.88. The van der Waals surface area contributed by atoms with Crippen LogP contribution in [0, 0.1) is 0 Å². The number of nitrogens with zero attached hydrogens (tertiary/aromatic N) is 4. The Morgan fingerprint density at radius 3 is 2.79 bits per heavy atom. The van der Waals surface area contributed by atoms with Crippen LogP contribution in [0.5, 0.6) is 0 Å². The maximum Gasteiger partial charge on any atom is 0.231 e. The van der Waals surface area contributed by atoms with Gasteiger partial charge in [-0.1, -0.05) is 6.07 Å². The molecule has 5 nitrogen and oxygen atoms in total. The lowest BCUT2D eigenvalue weighted by Gasteiger charge is -2.20. The van der Waals surface area contributed by atoms with Gasteiger partial charge in [-0.3, -0.25) is 0 Å². The Kier molecular flexibility index (Phi) is 4.93. The first-order chi connectivity index (χ1) is 9.22. The Balaban J connectivity index is 2.21. The molecule has 0 saturated heterocycles. The van der Waals surface area contributed by atoms with E-state index in [1.165, 1.54) is 4.88 Å². The zero-order valence-corrected chi connectivity index (χ0v) is 12.5. The van der Waals surface area contributed by atoms with Gasteiger partial charge in [0.15, 0.2) is 0 Å². The summed E-state index contributed by atoms with van der Waals surface area (Å²) in [5.74, 6) is 1.12. The van der Waals surface area contributed by atoms with Crippen molar-refractivity contribution in [2.45, 2.75) is 20.4 Å². The van der Waals surface area contributed by atoms with Crippen LogP contribution in [0.2, 0.25) is 5.28 Å². The molecule has 0 aliphatic heterocycles. The lowest BCUT2D eigenvalue weighted by atomic mass is 10.4. The third-order valence-corrected chi connectivity index (χ3v) is 3.55. The summed E-state index contributed by atoms with van der Waals surface area (Å²) in [6, 6.07) is 4.14. The normalized spacial score (nSPS) is 10.5. The fourth-order valence-electron chi connectivity index (χ4n) is 1.63. The molecule has 0 aliphatic rings. The molecule has 0 atom stereocenters. The summed E-state index contributed by atoms with van der Waals surface area (Å²) >= 11 is 7.66. The van der Waals surface area contributed by atoms with Gasteiger partial charge in [0.05, 0.1) is 6.54 Å². The van der Waals surface area contributed by atoms with Gasteiger partial charge < -0.3 is 10.2 Å². The molecule has 2 aromatic heterocycles. The van der Waals surface area contributed by atoms with E-state index in [0.29, 0.717) is 11.9 Å². The van der Waals surface area contributed by atoms with Crippen molar-refractivity contribution in [2.75, 3.05) is 23.3 Å². The number of nitrogens with one attached hydrogen (secondary N) is 1. The Labute approximate surface area is 121 Å². The van der Waals surface area contributed by atoms with Crippen LogP contribution in [-0.4, -0.2) is 28.0 Å². The maximum atomic E-state index is 5.94. The fourth-order valence-corrected chi connectivity index (χ4v) is 2.51. The lowest BCUT2D eigenvalue weighted by molar-refractivity contribution is 0.792. The Morgan fingerprint density at radius 1 is 1.32 bits per heavy atom. The van der Waals surface area contributed by atoms with Crippen molar-refractivity contribution in [3.05, 3.63) is 27.7 Å². The van der Waals surface area contributed by atoms with Crippen molar-refractivity contribution in [1.29, 1.82) is 0 Å². The predicted octanol–water partition coefficient (Wildman–Crippen LogP) is 3.04. The number of hydrogen-bond acceptors (Lipinski definition) is 6. The van der Waals surface area contributed by atoms with Gasteiger partial charge in [-0.2, -0.15) is 15.0 Å². The van der Waals surface area contributed by atoms with E-state index in [4.69, 9.17) is 11.6 Å². The summed E-state index contributed by atoms with van der Waals surface area (Å²) in [4.78, 5) is 16.0. The SMILES string of the molecule is CCNc1nc(Cl)nc(N(CC)Cc2cccs2)n1. The van der Waals surface area contributed by atoms with E-state index in [1.54, 1.807) is 11.3 Å². The number of rotatable bonds is 6. The number of halogens is 1. The fraction of sp³-hybridized carbons (Fsp3) is 0.417. The van der Waals surface area contributed by atoms with E-state index in [9.17, 15) is 0 Å². The Hall–Kier alpha value is -1.40. The van der Waals surface area contributed by atoms with E-state index in [1.807, 2.05) is 13.0 Å². The molecule has 0 aliphatic carbocycles. The van der Waals surface area contributed by atoms with E-state index in [2.05, 4.69) is 43.5 Å². The van der Waals surface area contributed by atoms with Crippen molar-refractivity contribution >= 4 is 34.8 Å². The van der Waals surface area contributed by atoms with E-state index < -0.39 is 0 Å². The molecule has 2 rings (SSSR count). The lowest BCUT2D eigenvalue weighted by Crippen LogP contribution is -2.24. The van der Waals surface area contributed by atoms with Gasteiger partial charge in [-0.15, -0.1) is 11.3 Å². The van der Waals surface area contributed by atoms with Crippen LogP contribution in [-0.2, 0) is 6.54 Å². The molecule has 102 valence electrons. The molecule has 0 unspecified atom stereocenters. The highest BCUT2D eigenvalue weighted by atomic mass is 35.5. The van der Waals surface area contributed by atoms with Gasteiger partial charge in [0.25, 0.3) is 0 Å². The second kappa shape index (κ2) is 6.68. The second-order valence-electron chi connectivity index (χ2n) is 3.85. The summed E-state index contributed by atoms with van der Waals surface area (Å²) in [7, 11) is 0. The first-order valence-electron chi connectivity index (χ1n) is 6.15. The summed E-state index contributed by atoms with van der Waals surface area (Å²) in [5.41, 5.74) is 0. The quantitative estimate of drug-likeness (QED) is 0.888. The minimum Gasteiger partial charge on any atom is -0.354 e. The number of anilines is 2. The van der Waals surface area contributed by atoms with E-state index >= 15 is 0 Å². The van der Waals surface area contributed by atoms with Crippen LogP contribution in [0.1, 0.15) is 18.7 Å². The van der Waals surface area contributed by atoms with Crippen LogP contribution in [0.15, 0.2) is 17.5 Å². The van der Waals surface area contributed by atoms with Crippen LogP contribution >= 0.6 is 22.9 Å². The summed E-state index contributed by atoms with van der Waals surface area (Å²) in [5, 5.41) is 5.33. The molecule has 0 fully saturated rings. The van der Waals surface area contributed by atoms with Gasteiger partial charge in [-0.05, 0) is 36.9 Å². The third kappa shape index (κ3) is 3.78. The molecular weight excluding hydrogens is 282 g/mol. The molecule has 19 heavy (non-hydrogen) atoms. The van der Waals surface area contributed by atoms with Crippen molar-refractivity contribution < 1.29 is 0 Å². The molecule has 0 saturated carbocycles. The highest BCUT2D eigenvalue weighted by Gasteiger charge is 2.12. The predicted molar refractivity (Wildman–Crippen MR) is 80.0 cm³/mol. The summed E-state index contributed by atoms with van der Waals surface area (Å²) in [6.45, 7) is 6.39. The van der Waals surface area contributed by atoms with Gasteiger partial charge >= 0.3 is 0 Å². The Bertz CT molecular complexity index is 517. The smallest absolute Gasteiger partial charge is 0.231 e. The Morgan fingerprint density at radius 2 is 2.16 bits per heavy atom. The zero-order valence-electron chi connectivity index (χ0n) is 10.9. The summed E-state index contributed by atoms with van der Waals surface area (Å²) < 4.78 is 0. The molecule has 0 aromatic carbocycles. The van der Waals surface area contributed by atoms with E-state index in [0.717, 1.165) is 19.6 Å². The average molecular weight is 298 g/mol. The molecule has 2 heterocycles. The van der Waals surface area contributed by atoms with Crippen molar-refractivity contribution in [3.8, 4) is 0 Å².